The van der Waals surface area contributed by atoms with E-state index in [-0.39, 0.29) is 31.8 Å². The van der Waals surface area contributed by atoms with Crippen LogP contribution in [0.4, 0.5) is 0 Å². The quantitative estimate of drug-likeness (QED) is 0.0573. The standard InChI is InChI=1S/C19H36N8O7/c1-9(2)14(17(32)25-11(18(33)34)5-6-13(21)29)27-16(31)12(8-28)26-15(30)10(20)4-3-7-24-19(22)23/h9-12,14,28H,3-8,20H2,1-2H3,(H2,21,29)(H,25,32)(H,26,30)(H,27,31)(H,33,34)(H4,22,23,24). The predicted octanol–water partition coefficient (Wildman–Crippen LogP) is -4.18. The van der Waals surface area contributed by atoms with Gasteiger partial charge in [-0.25, -0.2) is 4.79 Å². The first-order valence-electron chi connectivity index (χ1n) is 10.6. The van der Waals surface area contributed by atoms with Crippen LogP contribution in [0.2, 0.25) is 0 Å². The Hall–Kier alpha value is -3.46. The van der Waals surface area contributed by atoms with Crippen molar-refractivity contribution in [1.82, 2.24) is 16.0 Å². The van der Waals surface area contributed by atoms with Crippen molar-refractivity contribution in [2.75, 3.05) is 13.2 Å². The average Bonchev–Trinajstić information content (AvgIpc) is 2.74. The summed E-state index contributed by atoms with van der Waals surface area (Å²) in [5.74, 6) is -5.09. The first kappa shape index (κ1) is 30.5. The van der Waals surface area contributed by atoms with Gasteiger partial charge in [-0.05, 0) is 25.2 Å². The number of nitrogens with two attached hydrogens (primary N) is 4. The molecule has 0 aromatic heterocycles. The molecular formula is C19H36N8O7. The van der Waals surface area contributed by atoms with Gasteiger partial charge in [0.25, 0.3) is 0 Å². The second-order valence-corrected chi connectivity index (χ2v) is 7.93. The summed E-state index contributed by atoms with van der Waals surface area (Å²) in [4.78, 5) is 63.5. The molecule has 0 aliphatic heterocycles. The van der Waals surface area contributed by atoms with Crippen molar-refractivity contribution >= 4 is 35.6 Å². The largest absolute Gasteiger partial charge is 0.480 e. The Balaban J connectivity index is 5.07. The Morgan fingerprint density at radius 2 is 1.47 bits per heavy atom. The molecule has 0 fully saturated rings. The number of carbonyl (C=O) groups excluding carboxylic acids is 4. The van der Waals surface area contributed by atoms with E-state index in [1.807, 2.05) is 0 Å². The number of nitrogens with zero attached hydrogens (tertiary/aromatic N) is 1. The van der Waals surface area contributed by atoms with Crippen molar-refractivity contribution in [3.8, 4) is 0 Å². The van der Waals surface area contributed by atoms with E-state index in [1.165, 1.54) is 0 Å². The molecule has 15 nitrogen and oxygen atoms in total. The number of carboxylic acids is 1. The molecule has 0 bridgehead atoms. The molecule has 13 N–H and O–H groups in total. The van der Waals surface area contributed by atoms with E-state index >= 15 is 0 Å². The first-order valence-corrected chi connectivity index (χ1v) is 10.6. The number of hydrogen-bond acceptors (Lipinski definition) is 8. The van der Waals surface area contributed by atoms with Gasteiger partial charge in [-0.15, -0.1) is 0 Å². The zero-order valence-electron chi connectivity index (χ0n) is 19.3. The van der Waals surface area contributed by atoms with E-state index in [0.717, 1.165) is 0 Å². The zero-order chi connectivity index (χ0) is 26.4. The van der Waals surface area contributed by atoms with Crippen LogP contribution < -0.4 is 38.9 Å². The van der Waals surface area contributed by atoms with E-state index in [2.05, 4.69) is 20.9 Å². The van der Waals surface area contributed by atoms with Crippen LogP contribution >= 0.6 is 0 Å². The molecule has 0 aromatic rings. The summed E-state index contributed by atoms with van der Waals surface area (Å²) in [6.45, 7) is 2.68. The van der Waals surface area contributed by atoms with Gasteiger partial charge >= 0.3 is 5.97 Å². The van der Waals surface area contributed by atoms with E-state index in [0.29, 0.717) is 6.42 Å². The highest BCUT2D eigenvalue weighted by Gasteiger charge is 2.31. The van der Waals surface area contributed by atoms with Crippen LogP contribution in [-0.2, 0) is 24.0 Å². The highest BCUT2D eigenvalue weighted by Crippen LogP contribution is 2.06. The summed E-state index contributed by atoms with van der Waals surface area (Å²) in [7, 11) is 0. The van der Waals surface area contributed by atoms with Crippen LogP contribution in [0, 0.1) is 5.92 Å². The molecule has 0 rings (SSSR count). The summed E-state index contributed by atoms with van der Waals surface area (Å²) in [6.07, 6.45) is 0.117. The number of hydrogen-bond donors (Lipinski definition) is 9. The van der Waals surface area contributed by atoms with E-state index in [1.54, 1.807) is 13.8 Å². The number of carbonyl (C=O) groups is 5. The Morgan fingerprint density at radius 1 is 0.882 bits per heavy atom. The summed E-state index contributed by atoms with van der Waals surface area (Å²) in [5.41, 5.74) is 21.2. The SMILES string of the molecule is CC(C)C(NC(=O)C(CO)NC(=O)C(N)CCCN=C(N)N)C(=O)NC(CCC(N)=O)C(=O)O. The molecule has 0 aliphatic rings. The zero-order valence-corrected chi connectivity index (χ0v) is 19.3. The Morgan fingerprint density at radius 3 is 1.94 bits per heavy atom. The molecule has 194 valence electrons. The Kier molecular flexibility index (Phi) is 13.8. The van der Waals surface area contributed by atoms with Crippen molar-refractivity contribution in [3.05, 3.63) is 0 Å². The molecule has 34 heavy (non-hydrogen) atoms. The van der Waals surface area contributed by atoms with Crippen molar-refractivity contribution in [1.29, 1.82) is 0 Å². The fourth-order valence-electron chi connectivity index (χ4n) is 2.72. The maximum absolute atomic E-state index is 12.6. The maximum Gasteiger partial charge on any atom is 0.326 e. The fourth-order valence-corrected chi connectivity index (χ4v) is 2.72. The third-order valence-electron chi connectivity index (χ3n) is 4.66. The third kappa shape index (κ3) is 12.0. The minimum absolute atomic E-state index is 0.0960. The molecule has 0 saturated heterocycles. The van der Waals surface area contributed by atoms with Gasteiger partial charge in [0.1, 0.15) is 18.1 Å². The van der Waals surface area contributed by atoms with Crippen LogP contribution in [0.5, 0.6) is 0 Å². The van der Waals surface area contributed by atoms with Gasteiger partial charge in [-0.1, -0.05) is 13.8 Å². The van der Waals surface area contributed by atoms with Crippen LogP contribution in [0.1, 0.15) is 39.5 Å². The summed E-state index contributed by atoms with van der Waals surface area (Å²) < 4.78 is 0. The van der Waals surface area contributed by atoms with Gasteiger partial charge in [-0.3, -0.25) is 24.2 Å². The number of aliphatic imine (C=N–C) groups is 1. The maximum atomic E-state index is 12.6. The van der Waals surface area contributed by atoms with Crippen LogP contribution in [0.25, 0.3) is 0 Å². The molecular weight excluding hydrogens is 452 g/mol. The second-order valence-electron chi connectivity index (χ2n) is 7.93. The molecule has 0 heterocycles. The first-order chi connectivity index (χ1) is 15.8. The molecule has 4 atom stereocenters. The van der Waals surface area contributed by atoms with Crippen molar-refractivity contribution in [2.24, 2.45) is 33.8 Å². The van der Waals surface area contributed by atoms with Gasteiger partial charge in [0.15, 0.2) is 5.96 Å². The average molecular weight is 489 g/mol. The van der Waals surface area contributed by atoms with Crippen molar-refractivity contribution in [2.45, 2.75) is 63.7 Å². The van der Waals surface area contributed by atoms with Gasteiger partial charge in [0.2, 0.25) is 23.6 Å². The highest BCUT2D eigenvalue weighted by molar-refractivity contribution is 5.94. The summed E-state index contributed by atoms with van der Waals surface area (Å²) >= 11 is 0. The lowest BCUT2D eigenvalue weighted by atomic mass is 10.0. The lowest BCUT2D eigenvalue weighted by Crippen LogP contribution is -2.59. The smallest absolute Gasteiger partial charge is 0.326 e. The molecule has 0 saturated carbocycles. The number of aliphatic hydroxyl groups excluding tert-OH is 1. The molecule has 0 spiro atoms. The highest BCUT2D eigenvalue weighted by atomic mass is 16.4. The minimum atomic E-state index is -1.41. The third-order valence-corrected chi connectivity index (χ3v) is 4.66. The van der Waals surface area contributed by atoms with Crippen LogP contribution in [0.3, 0.4) is 0 Å². The summed E-state index contributed by atoms with van der Waals surface area (Å²) in [6, 6.07) is -5.00. The fraction of sp³-hybridized carbons (Fsp3) is 0.684. The van der Waals surface area contributed by atoms with E-state index in [4.69, 9.17) is 22.9 Å². The lowest BCUT2D eigenvalue weighted by molar-refractivity contribution is -0.143. The van der Waals surface area contributed by atoms with Crippen molar-refractivity contribution in [3.63, 3.8) is 0 Å². The number of aliphatic carboxylic acids is 1. The minimum Gasteiger partial charge on any atom is -0.480 e. The number of primary amides is 1. The normalized spacial score (nSPS) is 14.3. The molecule has 0 radical (unpaired) electrons. The number of aliphatic hydroxyl groups is 1. The molecule has 0 aromatic carbocycles. The lowest BCUT2D eigenvalue weighted by Gasteiger charge is -2.26. The molecule has 4 amide bonds. The Labute approximate surface area is 197 Å². The number of amides is 4. The van der Waals surface area contributed by atoms with E-state index < -0.39 is 66.3 Å². The van der Waals surface area contributed by atoms with Gasteiger partial charge < -0.3 is 49.1 Å². The van der Waals surface area contributed by atoms with Gasteiger partial charge in [-0.2, -0.15) is 0 Å². The van der Waals surface area contributed by atoms with Gasteiger partial charge in [0, 0.05) is 13.0 Å². The predicted molar refractivity (Wildman–Crippen MR) is 122 cm³/mol. The second kappa shape index (κ2) is 15.4. The molecule has 4 unspecified atom stereocenters. The van der Waals surface area contributed by atoms with E-state index in [9.17, 15) is 34.2 Å². The number of nitrogens with one attached hydrogen (secondary N) is 3. The Bertz CT molecular complexity index is 755. The van der Waals surface area contributed by atoms with Crippen LogP contribution in [0.15, 0.2) is 4.99 Å². The molecule has 0 aliphatic carbocycles. The van der Waals surface area contributed by atoms with Crippen molar-refractivity contribution < 1.29 is 34.2 Å². The number of rotatable bonds is 16. The van der Waals surface area contributed by atoms with Gasteiger partial charge in [0.05, 0.1) is 12.6 Å². The van der Waals surface area contributed by atoms with Crippen LogP contribution in [-0.4, -0.2) is 83.1 Å². The topological polar surface area (TPSA) is 278 Å². The number of guanidine groups is 1. The monoisotopic (exact) mass is 488 g/mol. The number of carboxylic acid groups (broad SMARTS) is 1. The summed E-state index contributed by atoms with van der Waals surface area (Å²) in [5, 5.41) is 25.7. The molecule has 15 heteroatoms.